The standard InChI is InChI=1S/C29H45N7O5/c1-28(2,3)41-27(38)36-19-6-7-20(36)16-34(15-19)24-22-9-12-31-14-23(22)32-25(33-24)40-18-29-10-5-13-35(29)21(8-11-29)17-39-26(37)30-4/h19-21,31H,5-18H2,1-4H3,(H,30,37)/t19-,20+,21?,29?. The molecule has 0 spiro atoms. The van der Waals surface area contributed by atoms with E-state index in [0.717, 1.165) is 82.6 Å². The first-order valence-electron chi connectivity index (χ1n) is 15.3. The predicted molar refractivity (Wildman–Crippen MR) is 152 cm³/mol. The van der Waals surface area contributed by atoms with Crippen LogP contribution in [0.3, 0.4) is 0 Å². The number of carbonyl (C=O) groups is 2. The maximum Gasteiger partial charge on any atom is 0.410 e. The van der Waals surface area contributed by atoms with Gasteiger partial charge >= 0.3 is 18.2 Å². The summed E-state index contributed by atoms with van der Waals surface area (Å²) in [4.78, 5) is 41.4. The average Bonchev–Trinajstić information content (AvgIpc) is 3.59. The van der Waals surface area contributed by atoms with Crippen LogP contribution < -0.4 is 20.3 Å². The molecule has 4 fully saturated rings. The molecular weight excluding hydrogens is 526 g/mol. The molecule has 0 saturated carbocycles. The Morgan fingerprint density at radius 2 is 1.90 bits per heavy atom. The van der Waals surface area contributed by atoms with Crippen LogP contribution in [0.5, 0.6) is 6.01 Å². The van der Waals surface area contributed by atoms with Crippen molar-refractivity contribution in [3.63, 3.8) is 0 Å². The lowest BCUT2D eigenvalue weighted by molar-refractivity contribution is 0.0122. The molecule has 0 aromatic carbocycles. The van der Waals surface area contributed by atoms with Crippen molar-refractivity contribution in [2.24, 2.45) is 0 Å². The average molecular weight is 572 g/mol. The van der Waals surface area contributed by atoms with E-state index in [1.807, 2.05) is 25.7 Å². The minimum atomic E-state index is -0.510. The summed E-state index contributed by atoms with van der Waals surface area (Å²) in [5.41, 5.74) is 1.60. The quantitative estimate of drug-likeness (QED) is 0.527. The summed E-state index contributed by atoms with van der Waals surface area (Å²) >= 11 is 0. The first kappa shape index (κ1) is 28.3. The number of ether oxygens (including phenoxy) is 3. The normalized spacial score (nSPS) is 29.2. The molecule has 6 rings (SSSR count). The van der Waals surface area contributed by atoms with E-state index in [-0.39, 0.29) is 35.9 Å². The molecule has 4 saturated heterocycles. The highest BCUT2D eigenvalue weighted by Gasteiger charge is 2.50. The van der Waals surface area contributed by atoms with Gasteiger partial charge in [0.1, 0.15) is 24.6 Å². The highest BCUT2D eigenvalue weighted by Crippen LogP contribution is 2.43. The number of alkyl carbamates (subject to hydrolysis) is 1. The second kappa shape index (κ2) is 11.1. The molecule has 2 unspecified atom stereocenters. The molecular formula is C29H45N7O5. The van der Waals surface area contributed by atoms with Crippen LogP contribution >= 0.6 is 0 Å². The molecule has 41 heavy (non-hydrogen) atoms. The van der Waals surface area contributed by atoms with Crippen molar-refractivity contribution in [3.8, 4) is 6.01 Å². The molecule has 4 atom stereocenters. The Bertz CT molecular complexity index is 1150. The van der Waals surface area contributed by atoms with Gasteiger partial charge in [-0.05, 0) is 78.8 Å². The minimum absolute atomic E-state index is 0.0768. The maximum absolute atomic E-state index is 13.0. The second-order valence-electron chi connectivity index (χ2n) is 13.2. The number of aromatic nitrogens is 2. The molecule has 2 bridgehead atoms. The Balaban J connectivity index is 1.17. The number of hydrogen-bond donors (Lipinski definition) is 2. The molecule has 2 N–H and O–H groups in total. The van der Waals surface area contributed by atoms with Crippen LogP contribution in [-0.4, -0.2) is 108 Å². The monoisotopic (exact) mass is 571 g/mol. The van der Waals surface area contributed by atoms with Gasteiger partial charge in [0.05, 0.1) is 23.3 Å². The van der Waals surface area contributed by atoms with E-state index in [1.54, 1.807) is 7.05 Å². The molecule has 5 aliphatic heterocycles. The number of carbonyl (C=O) groups excluding carboxylic acids is 2. The van der Waals surface area contributed by atoms with Gasteiger partial charge in [-0.15, -0.1) is 0 Å². The summed E-state index contributed by atoms with van der Waals surface area (Å²) in [5, 5.41) is 5.98. The van der Waals surface area contributed by atoms with Gasteiger partial charge in [0, 0.05) is 38.3 Å². The van der Waals surface area contributed by atoms with E-state index in [9.17, 15) is 9.59 Å². The van der Waals surface area contributed by atoms with Crippen molar-refractivity contribution < 1.29 is 23.8 Å². The van der Waals surface area contributed by atoms with E-state index < -0.39 is 5.60 Å². The van der Waals surface area contributed by atoms with Crippen molar-refractivity contribution >= 4 is 18.0 Å². The van der Waals surface area contributed by atoms with E-state index >= 15 is 0 Å². The third-order valence-electron chi connectivity index (χ3n) is 9.40. The van der Waals surface area contributed by atoms with Gasteiger partial charge in [0.25, 0.3) is 0 Å². The summed E-state index contributed by atoms with van der Waals surface area (Å²) < 4.78 is 17.6. The van der Waals surface area contributed by atoms with Gasteiger partial charge in [-0.25, -0.2) is 9.59 Å². The van der Waals surface area contributed by atoms with E-state index in [2.05, 4.69) is 20.4 Å². The molecule has 0 aliphatic carbocycles. The van der Waals surface area contributed by atoms with Gasteiger partial charge < -0.3 is 29.7 Å². The van der Waals surface area contributed by atoms with Crippen LogP contribution in [0, 0.1) is 0 Å². The number of piperazine rings is 1. The summed E-state index contributed by atoms with van der Waals surface area (Å²) in [6.07, 6.45) is 6.36. The largest absolute Gasteiger partial charge is 0.461 e. The molecule has 1 aromatic heterocycles. The molecule has 0 radical (unpaired) electrons. The summed E-state index contributed by atoms with van der Waals surface area (Å²) in [6.45, 7) is 10.7. The molecule has 12 nitrogen and oxygen atoms in total. The second-order valence-corrected chi connectivity index (χ2v) is 13.2. The number of hydrogen-bond acceptors (Lipinski definition) is 10. The number of amides is 2. The van der Waals surface area contributed by atoms with Crippen molar-refractivity contribution in [2.45, 2.75) is 102 Å². The molecule has 5 aliphatic rings. The number of nitrogens with one attached hydrogen (secondary N) is 2. The lowest BCUT2D eigenvalue weighted by Gasteiger charge is -2.42. The molecule has 226 valence electrons. The Hall–Kier alpha value is -2.86. The van der Waals surface area contributed by atoms with Crippen molar-refractivity contribution in [3.05, 3.63) is 11.3 Å². The Labute approximate surface area is 242 Å². The number of nitrogens with zero attached hydrogens (tertiary/aromatic N) is 5. The van der Waals surface area contributed by atoms with Crippen LogP contribution in [0.25, 0.3) is 0 Å². The van der Waals surface area contributed by atoms with Gasteiger partial charge in [-0.1, -0.05) is 0 Å². The summed E-state index contributed by atoms with van der Waals surface area (Å²) in [6, 6.07) is 0.854. The topological polar surface area (TPSA) is 121 Å². The number of anilines is 1. The molecule has 6 heterocycles. The van der Waals surface area contributed by atoms with Crippen molar-refractivity contribution in [2.75, 3.05) is 51.3 Å². The SMILES string of the molecule is CNC(=O)OCC1CCC2(COc3nc4c(c(N5C[C@H]6CC[C@@H](C5)N6C(=O)OC(C)(C)C)n3)CCNC4)CCCN12. The van der Waals surface area contributed by atoms with Crippen LogP contribution in [-0.2, 0) is 22.4 Å². The van der Waals surface area contributed by atoms with E-state index in [4.69, 9.17) is 24.2 Å². The summed E-state index contributed by atoms with van der Waals surface area (Å²) in [5.74, 6) is 0.955. The predicted octanol–water partition coefficient (Wildman–Crippen LogP) is 2.44. The highest BCUT2D eigenvalue weighted by molar-refractivity contribution is 5.70. The van der Waals surface area contributed by atoms with Gasteiger partial charge in [-0.3, -0.25) is 9.80 Å². The van der Waals surface area contributed by atoms with Crippen molar-refractivity contribution in [1.29, 1.82) is 0 Å². The molecule has 1 aromatic rings. The van der Waals surface area contributed by atoms with Crippen LogP contribution in [0.15, 0.2) is 0 Å². The zero-order chi connectivity index (χ0) is 28.8. The van der Waals surface area contributed by atoms with Gasteiger partial charge in [-0.2, -0.15) is 9.97 Å². The van der Waals surface area contributed by atoms with Crippen LogP contribution in [0.1, 0.15) is 70.6 Å². The fraction of sp³-hybridized carbons (Fsp3) is 0.793. The Morgan fingerprint density at radius 3 is 2.63 bits per heavy atom. The van der Waals surface area contributed by atoms with Crippen LogP contribution in [0.4, 0.5) is 15.4 Å². The third kappa shape index (κ3) is 5.64. The fourth-order valence-corrected chi connectivity index (χ4v) is 7.56. The summed E-state index contributed by atoms with van der Waals surface area (Å²) in [7, 11) is 1.58. The smallest absolute Gasteiger partial charge is 0.410 e. The molecule has 12 heteroatoms. The Morgan fingerprint density at radius 1 is 1.12 bits per heavy atom. The van der Waals surface area contributed by atoms with Gasteiger partial charge in [0.2, 0.25) is 0 Å². The van der Waals surface area contributed by atoms with E-state index in [1.165, 1.54) is 5.56 Å². The maximum atomic E-state index is 13.0. The number of fused-ring (bicyclic) bond motifs is 4. The lowest BCUT2D eigenvalue weighted by atomic mass is 9.95. The van der Waals surface area contributed by atoms with E-state index in [0.29, 0.717) is 25.8 Å². The minimum Gasteiger partial charge on any atom is -0.461 e. The first-order chi connectivity index (χ1) is 19.7. The lowest BCUT2D eigenvalue weighted by Crippen LogP contribution is -2.57. The zero-order valence-corrected chi connectivity index (χ0v) is 24.9. The third-order valence-corrected chi connectivity index (χ3v) is 9.40. The molecule has 2 amide bonds. The first-order valence-corrected chi connectivity index (χ1v) is 15.3. The fourth-order valence-electron chi connectivity index (χ4n) is 7.56. The highest BCUT2D eigenvalue weighted by atomic mass is 16.6. The zero-order valence-electron chi connectivity index (χ0n) is 24.9. The van der Waals surface area contributed by atoms with Crippen LogP contribution in [0.2, 0.25) is 0 Å². The van der Waals surface area contributed by atoms with Gasteiger partial charge in [0.15, 0.2) is 0 Å². The Kier molecular flexibility index (Phi) is 7.65. The number of rotatable bonds is 6. The van der Waals surface area contributed by atoms with Crippen molar-refractivity contribution in [1.82, 2.24) is 30.4 Å².